The fraction of sp³-hybridized carbons (Fsp3) is 0.167. The molecule has 7 heteroatoms. The number of carbonyl (C=O) groups is 3. The number of hydrogen-bond donors (Lipinski definition) is 1. The summed E-state index contributed by atoms with van der Waals surface area (Å²) in [5.74, 6) is -1.07. The van der Waals surface area contributed by atoms with Gasteiger partial charge >= 0.3 is 5.97 Å². The molecule has 6 nitrogen and oxygen atoms in total. The van der Waals surface area contributed by atoms with Gasteiger partial charge in [-0.05, 0) is 30.3 Å². The molecule has 0 aromatic heterocycles. The van der Waals surface area contributed by atoms with Crippen LogP contribution in [0.4, 0.5) is 0 Å². The molecule has 2 rings (SSSR count). The molecule has 0 heterocycles. The summed E-state index contributed by atoms with van der Waals surface area (Å²) in [7, 11) is 1.47. The molecule has 25 heavy (non-hydrogen) atoms. The van der Waals surface area contributed by atoms with E-state index in [1.807, 2.05) is 0 Å². The van der Waals surface area contributed by atoms with Gasteiger partial charge < -0.3 is 14.8 Å². The first-order chi connectivity index (χ1) is 12.0. The third-order valence-electron chi connectivity index (χ3n) is 3.27. The maximum absolute atomic E-state index is 12.0. The second-order valence-corrected chi connectivity index (χ2v) is 5.39. The van der Waals surface area contributed by atoms with Crippen LogP contribution in [0.5, 0.6) is 5.75 Å². The number of nitrogens with one attached hydrogen (secondary N) is 1. The van der Waals surface area contributed by atoms with Crippen LogP contribution in [0.25, 0.3) is 0 Å². The number of rotatable bonds is 7. The van der Waals surface area contributed by atoms with E-state index in [1.165, 1.54) is 19.2 Å². The number of ketones is 1. The van der Waals surface area contributed by atoms with Crippen LogP contribution < -0.4 is 10.1 Å². The number of ether oxygens (including phenoxy) is 2. The number of Topliss-reactive ketones (excluding diaryl/α,β-unsaturated/α-hetero) is 1. The number of hydrogen-bond acceptors (Lipinski definition) is 5. The van der Waals surface area contributed by atoms with Crippen molar-refractivity contribution in [3.63, 3.8) is 0 Å². The van der Waals surface area contributed by atoms with Gasteiger partial charge in [-0.2, -0.15) is 0 Å². The van der Waals surface area contributed by atoms with Crippen LogP contribution in [-0.2, 0) is 9.53 Å². The molecule has 0 bridgehead atoms. The Kier molecular flexibility index (Phi) is 6.54. The van der Waals surface area contributed by atoms with Crippen LogP contribution in [0.1, 0.15) is 20.7 Å². The quantitative estimate of drug-likeness (QED) is 0.605. The lowest BCUT2D eigenvalue weighted by molar-refractivity contribution is -0.141. The van der Waals surface area contributed by atoms with Crippen LogP contribution in [0.2, 0.25) is 5.02 Å². The zero-order valence-electron chi connectivity index (χ0n) is 13.5. The Hall–Kier alpha value is -2.86. The maximum Gasteiger partial charge on any atom is 0.325 e. The van der Waals surface area contributed by atoms with E-state index in [1.54, 1.807) is 36.4 Å². The second-order valence-electron chi connectivity index (χ2n) is 4.98. The SMILES string of the molecule is COc1ccc(C(=O)COC(=O)CNC(=O)c2ccccc2)cc1Cl. The van der Waals surface area contributed by atoms with Crippen molar-refractivity contribution in [2.75, 3.05) is 20.3 Å². The normalized spacial score (nSPS) is 10.0. The fourth-order valence-corrected chi connectivity index (χ4v) is 2.22. The monoisotopic (exact) mass is 361 g/mol. The molecule has 0 aliphatic rings. The molecule has 0 unspecified atom stereocenters. The van der Waals surface area contributed by atoms with Gasteiger partial charge in [0, 0.05) is 11.1 Å². The van der Waals surface area contributed by atoms with Crippen LogP contribution in [0.15, 0.2) is 48.5 Å². The summed E-state index contributed by atoms with van der Waals surface area (Å²) in [6.45, 7) is -0.771. The van der Waals surface area contributed by atoms with Crippen molar-refractivity contribution in [2.45, 2.75) is 0 Å². The minimum Gasteiger partial charge on any atom is -0.495 e. The zero-order chi connectivity index (χ0) is 18.2. The molecule has 0 aliphatic carbocycles. The maximum atomic E-state index is 12.0. The topological polar surface area (TPSA) is 81.7 Å². The van der Waals surface area contributed by atoms with Gasteiger partial charge in [0.15, 0.2) is 12.4 Å². The van der Waals surface area contributed by atoms with Crippen molar-refractivity contribution in [1.29, 1.82) is 0 Å². The average molecular weight is 362 g/mol. The third-order valence-corrected chi connectivity index (χ3v) is 3.56. The Morgan fingerprint density at radius 3 is 2.40 bits per heavy atom. The number of methoxy groups -OCH3 is 1. The summed E-state index contributed by atoms with van der Waals surface area (Å²) in [5, 5.41) is 2.71. The van der Waals surface area contributed by atoms with Gasteiger partial charge in [-0.1, -0.05) is 29.8 Å². The molecule has 2 aromatic rings. The van der Waals surface area contributed by atoms with E-state index in [9.17, 15) is 14.4 Å². The summed E-state index contributed by atoms with van der Waals surface area (Å²) in [6.07, 6.45) is 0. The van der Waals surface area contributed by atoms with E-state index < -0.39 is 24.3 Å². The number of amides is 1. The molecule has 0 saturated heterocycles. The molecule has 0 aliphatic heterocycles. The molecule has 0 fully saturated rings. The molecule has 130 valence electrons. The lowest BCUT2D eigenvalue weighted by Gasteiger charge is -2.07. The minimum absolute atomic E-state index is 0.287. The van der Waals surface area contributed by atoms with Crippen LogP contribution in [-0.4, -0.2) is 37.9 Å². The van der Waals surface area contributed by atoms with Crippen LogP contribution >= 0.6 is 11.6 Å². The fourth-order valence-electron chi connectivity index (χ4n) is 1.96. The average Bonchev–Trinajstić information content (AvgIpc) is 2.64. The molecular formula is C18H16ClNO5. The van der Waals surface area contributed by atoms with E-state index in [2.05, 4.69) is 5.32 Å². The predicted molar refractivity (Wildman–Crippen MR) is 92.1 cm³/mol. The first kappa shape index (κ1) is 18.5. The summed E-state index contributed by atoms with van der Waals surface area (Å²) in [6, 6.07) is 13.0. The van der Waals surface area contributed by atoms with Crippen LogP contribution in [0.3, 0.4) is 0 Å². The lowest BCUT2D eigenvalue weighted by Crippen LogP contribution is -2.31. The van der Waals surface area contributed by atoms with E-state index in [0.29, 0.717) is 16.9 Å². The number of carbonyl (C=O) groups excluding carboxylic acids is 3. The van der Waals surface area contributed by atoms with Gasteiger partial charge in [-0.25, -0.2) is 0 Å². The largest absolute Gasteiger partial charge is 0.495 e. The van der Waals surface area contributed by atoms with Gasteiger partial charge in [-0.3, -0.25) is 14.4 Å². The highest BCUT2D eigenvalue weighted by atomic mass is 35.5. The van der Waals surface area contributed by atoms with Crippen LogP contribution in [0, 0.1) is 0 Å². The van der Waals surface area contributed by atoms with Gasteiger partial charge in [0.05, 0.1) is 12.1 Å². The first-order valence-electron chi connectivity index (χ1n) is 7.37. The molecule has 0 spiro atoms. The number of benzene rings is 2. The zero-order valence-corrected chi connectivity index (χ0v) is 14.2. The Morgan fingerprint density at radius 2 is 1.76 bits per heavy atom. The molecular weight excluding hydrogens is 346 g/mol. The highest BCUT2D eigenvalue weighted by Crippen LogP contribution is 2.25. The van der Waals surface area contributed by atoms with E-state index in [4.69, 9.17) is 21.1 Å². The molecule has 1 amide bonds. The summed E-state index contributed by atoms with van der Waals surface area (Å²) >= 11 is 5.95. The Balaban J connectivity index is 1.80. The predicted octanol–water partition coefficient (Wildman–Crippen LogP) is 2.50. The van der Waals surface area contributed by atoms with Gasteiger partial charge in [0.2, 0.25) is 0 Å². The lowest BCUT2D eigenvalue weighted by atomic mass is 10.1. The molecule has 0 radical (unpaired) electrons. The van der Waals surface area contributed by atoms with Gasteiger partial charge in [-0.15, -0.1) is 0 Å². The molecule has 0 saturated carbocycles. The van der Waals surface area contributed by atoms with E-state index in [-0.39, 0.29) is 11.6 Å². The number of esters is 1. The van der Waals surface area contributed by atoms with Crippen molar-refractivity contribution in [1.82, 2.24) is 5.32 Å². The Bertz CT molecular complexity index is 776. The van der Waals surface area contributed by atoms with E-state index >= 15 is 0 Å². The minimum atomic E-state index is -0.711. The second kappa shape index (κ2) is 8.84. The van der Waals surface area contributed by atoms with Crippen molar-refractivity contribution < 1.29 is 23.9 Å². The number of halogens is 1. The molecule has 1 N–H and O–H groups in total. The van der Waals surface area contributed by atoms with Gasteiger partial charge in [0.25, 0.3) is 5.91 Å². The Labute approximate surface area is 149 Å². The summed E-state index contributed by atoms with van der Waals surface area (Å²) < 4.78 is 9.86. The molecule has 2 aromatic carbocycles. The molecule has 0 atom stereocenters. The summed E-state index contributed by atoms with van der Waals surface area (Å²) in [4.78, 5) is 35.4. The van der Waals surface area contributed by atoms with Gasteiger partial charge in [0.1, 0.15) is 12.3 Å². The van der Waals surface area contributed by atoms with E-state index in [0.717, 1.165) is 0 Å². The van der Waals surface area contributed by atoms with Crippen molar-refractivity contribution in [2.24, 2.45) is 0 Å². The van der Waals surface area contributed by atoms with Crippen molar-refractivity contribution in [3.05, 3.63) is 64.7 Å². The highest BCUT2D eigenvalue weighted by molar-refractivity contribution is 6.32. The summed E-state index contributed by atoms with van der Waals surface area (Å²) in [5.41, 5.74) is 0.728. The van der Waals surface area contributed by atoms with Crippen molar-refractivity contribution >= 4 is 29.3 Å². The standard InChI is InChI=1S/C18H16ClNO5/c1-24-16-8-7-13(9-14(16)19)15(21)11-25-17(22)10-20-18(23)12-5-3-2-4-6-12/h2-9H,10-11H2,1H3,(H,20,23). The van der Waals surface area contributed by atoms with Crippen molar-refractivity contribution in [3.8, 4) is 5.75 Å². The highest BCUT2D eigenvalue weighted by Gasteiger charge is 2.13. The smallest absolute Gasteiger partial charge is 0.325 e. The Morgan fingerprint density at radius 1 is 1.04 bits per heavy atom. The third kappa shape index (κ3) is 5.32. The first-order valence-corrected chi connectivity index (χ1v) is 7.74.